The van der Waals surface area contributed by atoms with Crippen LogP contribution in [0.5, 0.6) is 0 Å². The molecule has 0 bridgehead atoms. The minimum Gasteiger partial charge on any atom is -0.465 e. The molecule has 160 valence electrons. The van der Waals surface area contributed by atoms with Crippen LogP contribution in [0.25, 0.3) is 0 Å². The van der Waals surface area contributed by atoms with E-state index in [2.05, 4.69) is 15.0 Å². The quantitative estimate of drug-likeness (QED) is 0.689. The molecule has 1 unspecified atom stereocenters. The number of hydrogen-bond acceptors (Lipinski definition) is 8. The van der Waals surface area contributed by atoms with Gasteiger partial charge in [-0.05, 0) is 37.1 Å². The second kappa shape index (κ2) is 8.42. The number of amides is 1. The number of nitrogens with one attached hydrogen (secondary N) is 1. The first-order valence-corrected chi connectivity index (χ1v) is 11.7. The molecule has 9 nitrogen and oxygen atoms in total. The summed E-state index contributed by atoms with van der Waals surface area (Å²) >= 11 is 1.28. The van der Waals surface area contributed by atoms with Crippen molar-refractivity contribution in [1.29, 1.82) is 0 Å². The van der Waals surface area contributed by atoms with Crippen LogP contribution in [0.2, 0.25) is 0 Å². The van der Waals surface area contributed by atoms with E-state index in [0.29, 0.717) is 24.6 Å². The average Bonchev–Trinajstić information content (AvgIpc) is 3.42. The number of thiazole rings is 1. The van der Waals surface area contributed by atoms with E-state index >= 15 is 0 Å². The molecule has 1 aromatic carbocycles. The van der Waals surface area contributed by atoms with Crippen LogP contribution in [-0.4, -0.2) is 55.9 Å². The number of sulfonamides is 1. The molecule has 30 heavy (non-hydrogen) atoms. The van der Waals surface area contributed by atoms with Crippen LogP contribution in [0.4, 0.5) is 5.13 Å². The van der Waals surface area contributed by atoms with Gasteiger partial charge in [-0.2, -0.15) is 4.31 Å². The lowest BCUT2D eigenvalue weighted by Gasteiger charge is -2.25. The van der Waals surface area contributed by atoms with E-state index in [4.69, 9.17) is 4.74 Å². The Labute approximate surface area is 178 Å². The molecule has 0 spiro atoms. The van der Waals surface area contributed by atoms with Gasteiger partial charge in [-0.3, -0.25) is 10.1 Å². The van der Waals surface area contributed by atoms with Gasteiger partial charge in [0.2, 0.25) is 10.0 Å². The van der Waals surface area contributed by atoms with Gasteiger partial charge < -0.3 is 9.47 Å². The van der Waals surface area contributed by atoms with Crippen LogP contribution >= 0.6 is 11.3 Å². The van der Waals surface area contributed by atoms with Gasteiger partial charge in [0.05, 0.1) is 29.8 Å². The number of rotatable bonds is 5. The summed E-state index contributed by atoms with van der Waals surface area (Å²) < 4.78 is 37.4. The van der Waals surface area contributed by atoms with Gasteiger partial charge in [-0.1, -0.05) is 0 Å². The maximum atomic E-state index is 13.0. The molecule has 0 aliphatic carbocycles. The number of hydrogen-bond donors (Lipinski definition) is 1. The van der Waals surface area contributed by atoms with Gasteiger partial charge in [-0.25, -0.2) is 18.2 Å². The van der Waals surface area contributed by atoms with Gasteiger partial charge in [0.25, 0.3) is 5.91 Å². The number of esters is 1. The Morgan fingerprint density at radius 1 is 1.30 bits per heavy atom. The number of methoxy groups -OCH3 is 1. The van der Waals surface area contributed by atoms with E-state index < -0.39 is 22.1 Å². The van der Waals surface area contributed by atoms with Gasteiger partial charge in [0, 0.05) is 24.4 Å². The van der Waals surface area contributed by atoms with E-state index in [-0.39, 0.29) is 29.5 Å². The van der Waals surface area contributed by atoms with Crippen molar-refractivity contribution in [2.24, 2.45) is 0 Å². The first-order chi connectivity index (χ1) is 14.4. The Bertz CT molecular complexity index is 1060. The molecule has 1 amide bonds. The predicted octanol–water partition coefficient (Wildman–Crippen LogP) is 1.79. The van der Waals surface area contributed by atoms with Crippen LogP contribution in [0.3, 0.4) is 0 Å². The molecule has 4 rings (SSSR count). The first-order valence-electron chi connectivity index (χ1n) is 9.48. The molecule has 1 fully saturated rings. The van der Waals surface area contributed by atoms with Crippen molar-refractivity contribution in [1.82, 2.24) is 9.29 Å². The zero-order valence-electron chi connectivity index (χ0n) is 16.3. The number of aromatic nitrogens is 1. The third-order valence-corrected chi connectivity index (χ3v) is 7.92. The van der Waals surface area contributed by atoms with Gasteiger partial charge in [0.1, 0.15) is 6.10 Å². The Kier molecular flexibility index (Phi) is 5.87. The van der Waals surface area contributed by atoms with E-state index in [1.165, 1.54) is 47.0 Å². The SMILES string of the molecule is COC(=O)c1ccc(S(=O)(=O)N2CCc3nc(NC(=O)C4CCCO4)sc3C2)cc1. The monoisotopic (exact) mass is 451 g/mol. The molecule has 11 heteroatoms. The third kappa shape index (κ3) is 4.10. The number of benzene rings is 1. The second-order valence-electron chi connectivity index (χ2n) is 6.98. The lowest BCUT2D eigenvalue weighted by molar-refractivity contribution is -0.124. The van der Waals surface area contributed by atoms with Crippen LogP contribution < -0.4 is 5.32 Å². The highest BCUT2D eigenvalue weighted by molar-refractivity contribution is 7.89. The predicted molar refractivity (Wildman–Crippen MR) is 109 cm³/mol. The van der Waals surface area contributed by atoms with Gasteiger partial charge in [0.15, 0.2) is 5.13 Å². The lowest BCUT2D eigenvalue weighted by atomic mass is 10.2. The minimum atomic E-state index is -3.73. The second-order valence-corrected chi connectivity index (χ2v) is 10.0. The van der Waals surface area contributed by atoms with Crippen LogP contribution in [0, 0.1) is 0 Å². The first kappa shape index (κ1) is 20.9. The molecule has 1 saturated heterocycles. The Hall–Kier alpha value is -2.34. The molecule has 0 saturated carbocycles. The fraction of sp³-hybridized carbons (Fsp3) is 0.421. The summed E-state index contributed by atoms with van der Waals surface area (Å²) in [6.45, 7) is 1.06. The summed E-state index contributed by atoms with van der Waals surface area (Å²) in [5, 5.41) is 3.24. The van der Waals surface area contributed by atoms with Crippen molar-refractivity contribution < 1.29 is 27.5 Å². The summed E-state index contributed by atoms with van der Waals surface area (Å²) in [6, 6.07) is 5.66. The van der Waals surface area contributed by atoms with Crippen molar-refractivity contribution in [3.05, 3.63) is 40.4 Å². The lowest BCUT2D eigenvalue weighted by Crippen LogP contribution is -2.35. The number of carbonyl (C=O) groups is 2. The summed E-state index contributed by atoms with van der Waals surface area (Å²) in [4.78, 5) is 29.1. The number of fused-ring (bicyclic) bond motifs is 1. The van der Waals surface area contributed by atoms with Crippen LogP contribution in [-0.2, 0) is 37.3 Å². The average molecular weight is 452 g/mol. The minimum absolute atomic E-state index is 0.107. The van der Waals surface area contributed by atoms with Crippen molar-refractivity contribution in [3.63, 3.8) is 0 Å². The highest BCUT2D eigenvalue weighted by atomic mass is 32.2. The molecule has 1 aromatic heterocycles. The fourth-order valence-corrected chi connectivity index (χ4v) is 5.95. The topological polar surface area (TPSA) is 115 Å². The number of nitrogens with zero attached hydrogens (tertiary/aromatic N) is 2. The molecular formula is C19H21N3O6S2. The molecule has 3 heterocycles. The van der Waals surface area contributed by atoms with Crippen molar-refractivity contribution >= 4 is 38.4 Å². The third-order valence-electron chi connectivity index (χ3n) is 5.06. The molecule has 1 atom stereocenters. The fourth-order valence-electron chi connectivity index (χ4n) is 3.43. The maximum absolute atomic E-state index is 13.0. The molecule has 1 N–H and O–H groups in total. The van der Waals surface area contributed by atoms with Gasteiger partial charge >= 0.3 is 5.97 Å². The van der Waals surface area contributed by atoms with Crippen molar-refractivity contribution in [2.45, 2.75) is 36.8 Å². The molecule has 2 aliphatic rings. The largest absolute Gasteiger partial charge is 0.465 e. The Morgan fingerprint density at radius 3 is 2.73 bits per heavy atom. The summed E-state index contributed by atoms with van der Waals surface area (Å²) in [5.41, 5.74) is 1.08. The zero-order valence-corrected chi connectivity index (χ0v) is 17.9. The van der Waals surface area contributed by atoms with Crippen LogP contribution in [0.1, 0.15) is 33.8 Å². The summed E-state index contributed by atoms with van der Waals surface area (Å²) in [7, 11) is -2.46. The number of anilines is 1. The number of ether oxygens (including phenoxy) is 2. The maximum Gasteiger partial charge on any atom is 0.337 e. The van der Waals surface area contributed by atoms with Crippen molar-refractivity contribution in [3.8, 4) is 0 Å². The zero-order chi connectivity index (χ0) is 21.3. The Morgan fingerprint density at radius 2 is 2.07 bits per heavy atom. The molecule has 0 radical (unpaired) electrons. The van der Waals surface area contributed by atoms with Gasteiger partial charge in [-0.15, -0.1) is 11.3 Å². The number of carbonyl (C=O) groups excluding carboxylic acids is 2. The smallest absolute Gasteiger partial charge is 0.337 e. The highest BCUT2D eigenvalue weighted by Gasteiger charge is 2.31. The van der Waals surface area contributed by atoms with E-state index in [1.54, 1.807) is 0 Å². The van der Waals surface area contributed by atoms with E-state index in [1.807, 2.05) is 0 Å². The standard InChI is InChI=1S/C19H21N3O6S2/c1-27-18(24)12-4-6-13(7-5-12)30(25,26)22-9-8-14-16(11-22)29-19(20-14)21-17(23)15-3-2-10-28-15/h4-7,15H,2-3,8-11H2,1H3,(H,20,21,23). The van der Waals surface area contributed by atoms with Crippen molar-refractivity contribution in [2.75, 3.05) is 25.6 Å². The molecular weight excluding hydrogens is 430 g/mol. The summed E-state index contributed by atoms with van der Waals surface area (Å²) in [6.07, 6.45) is 1.56. The molecule has 2 aliphatic heterocycles. The molecule has 2 aromatic rings. The van der Waals surface area contributed by atoms with E-state index in [9.17, 15) is 18.0 Å². The van der Waals surface area contributed by atoms with Crippen LogP contribution in [0.15, 0.2) is 29.2 Å². The normalized spacial score (nSPS) is 19.3. The Balaban J connectivity index is 1.47. The highest BCUT2D eigenvalue weighted by Crippen LogP contribution is 2.31. The van der Waals surface area contributed by atoms with E-state index in [0.717, 1.165) is 17.0 Å². The summed E-state index contributed by atoms with van der Waals surface area (Å²) in [5.74, 6) is -0.738.